The van der Waals surface area contributed by atoms with Crippen LogP contribution in [0.3, 0.4) is 0 Å². The van der Waals surface area contributed by atoms with E-state index in [2.05, 4.69) is 30.0 Å². The molecule has 2 heteroatoms. The Labute approximate surface area is 128 Å². The van der Waals surface area contributed by atoms with Crippen LogP contribution in [0, 0.1) is 20.3 Å². The van der Waals surface area contributed by atoms with Gasteiger partial charge in [-0.25, -0.2) is 0 Å². The number of hydrogen-bond acceptors (Lipinski definition) is 1. The van der Waals surface area contributed by atoms with Crippen molar-refractivity contribution in [2.75, 3.05) is 0 Å². The minimum Gasteiger partial charge on any atom is -0.358 e. The summed E-state index contributed by atoms with van der Waals surface area (Å²) in [6.07, 6.45) is 19.0. The maximum absolute atomic E-state index is 3.94. The molecule has 0 atom stereocenters. The average molecular weight is 331 g/mol. The molecule has 2 aliphatic rings. The van der Waals surface area contributed by atoms with E-state index in [0.29, 0.717) is 6.04 Å². The zero-order valence-corrected chi connectivity index (χ0v) is 14.9. The van der Waals surface area contributed by atoms with E-state index >= 15 is 0 Å². The Bertz CT molecular complexity index is 114. The molecule has 1 nitrogen and oxygen atoms in total. The molecule has 0 bridgehead atoms. The Kier molecular flexibility index (Phi) is 20.3. The second-order valence-corrected chi connectivity index (χ2v) is 5.63. The van der Waals surface area contributed by atoms with Gasteiger partial charge in [0, 0.05) is 0 Å². The largest absolute Gasteiger partial charge is 0.358 e. The van der Waals surface area contributed by atoms with E-state index in [-0.39, 0.29) is 7.43 Å². The van der Waals surface area contributed by atoms with Gasteiger partial charge in [0.25, 0.3) is 0 Å². The molecule has 2 rings (SSSR count). The Morgan fingerprint density at radius 1 is 0.778 bits per heavy atom. The predicted molar refractivity (Wildman–Crippen MR) is 78.7 cm³/mol. The number of nitrogens with zero attached hydrogens (tertiary/aromatic N) is 1. The molecule has 0 unspecified atom stereocenters. The summed E-state index contributed by atoms with van der Waals surface area (Å²) in [5.74, 6) is 0. The fourth-order valence-electron chi connectivity index (χ4n) is 1.80. The van der Waals surface area contributed by atoms with Crippen molar-refractivity contribution in [1.82, 2.24) is 0 Å². The quantitative estimate of drug-likeness (QED) is 0.420. The van der Waals surface area contributed by atoms with Crippen LogP contribution >= 0.6 is 0 Å². The second-order valence-electron chi connectivity index (χ2n) is 5.06. The molecule has 0 spiro atoms. The number of hydrogen-bond donors (Lipinski definition) is 0. The first-order chi connectivity index (χ1) is 8.27. The summed E-state index contributed by atoms with van der Waals surface area (Å²) in [5.41, 5.74) is 0. The van der Waals surface area contributed by atoms with Crippen LogP contribution in [-0.4, -0.2) is 6.04 Å². The van der Waals surface area contributed by atoms with E-state index in [1.165, 1.54) is 85.1 Å². The predicted octanol–water partition coefficient (Wildman–Crippen LogP) is 5.89. The van der Waals surface area contributed by atoms with Crippen LogP contribution in [0.1, 0.15) is 78.1 Å². The van der Waals surface area contributed by atoms with Crippen molar-refractivity contribution in [3.8, 4) is 0 Å². The first-order valence-electron chi connectivity index (χ1n) is 7.25. The summed E-state index contributed by atoms with van der Waals surface area (Å²) in [6.45, 7) is 4.14. The van der Waals surface area contributed by atoms with Gasteiger partial charge in [-0.05, 0) is 0 Å². The Balaban J connectivity index is 0. The SMILES string of the molecule is CC(C)[N]=[Nb].[CH-]1CCCCC1.[CH-]1CCCCC1.[CH3-]. The van der Waals surface area contributed by atoms with E-state index in [1.807, 2.05) is 0 Å². The van der Waals surface area contributed by atoms with E-state index in [9.17, 15) is 0 Å². The molecule has 0 aromatic carbocycles. The number of rotatable bonds is 1. The molecule has 0 amide bonds. The zero-order chi connectivity index (χ0) is 12.8. The molecule has 0 N–H and O–H groups in total. The summed E-state index contributed by atoms with van der Waals surface area (Å²) in [6, 6.07) is 0.531. The summed E-state index contributed by atoms with van der Waals surface area (Å²) < 4.78 is 3.94. The third-order valence-corrected chi connectivity index (χ3v) is 4.00. The van der Waals surface area contributed by atoms with Gasteiger partial charge in [0.1, 0.15) is 0 Å². The molecule has 0 aliphatic heterocycles. The summed E-state index contributed by atoms with van der Waals surface area (Å²) in [4.78, 5) is 0. The topological polar surface area (TPSA) is 12.4 Å². The van der Waals surface area contributed by atoms with Gasteiger partial charge in [-0.3, -0.25) is 0 Å². The Morgan fingerprint density at radius 3 is 1.11 bits per heavy atom. The zero-order valence-electron chi connectivity index (χ0n) is 12.7. The third kappa shape index (κ3) is 18.9. The van der Waals surface area contributed by atoms with Gasteiger partial charge in [-0.1, -0.05) is 38.5 Å². The minimum absolute atomic E-state index is 0. The van der Waals surface area contributed by atoms with Gasteiger partial charge in [-0.15, -0.1) is 0 Å². The van der Waals surface area contributed by atoms with Crippen molar-refractivity contribution >= 4 is 0 Å². The molecule has 0 heterocycles. The van der Waals surface area contributed by atoms with Gasteiger partial charge in [0.15, 0.2) is 0 Å². The molecule has 2 saturated carbocycles. The minimum atomic E-state index is 0. The monoisotopic (exact) mass is 331 g/mol. The summed E-state index contributed by atoms with van der Waals surface area (Å²) in [5, 5.41) is 0. The van der Waals surface area contributed by atoms with Crippen molar-refractivity contribution in [3.05, 3.63) is 20.3 Å². The van der Waals surface area contributed by atoms with Crippen molar-refractivity contribution in [3.63, 3.8) is 0 Å². The van der Waals surface area contributed by atoms with E-state index < -0.39 is 0 Å². The molecular formula is C16H32NNb-3. The van der Waals surface area contributed by atoms with E-state index in [0.717, 1.165) is 0 Å². The van der Waals surface area contributed by atoms with E-state index in [4.69, 9.17) is 0 Å². The molecular weight excluding hydrogens is 299 g/mol. The van der Waals surface area contributed by atoms with Crippen LogP contribution < -0.4 is 0 Å². The normalized spacial score (nSPS) is 18.3. The van der Waals surface area contributed by atoms with Crippen molar-refractivity contribution < 1.29 is 20.9 Å². The van der Waals surface area contributed by atoms with Crippen molar-refractivity contribution in [1.29, 1.82) is 0 Å². The van der Waals surface area contributed by atoms with Gasteiger partial charge in [0.05, 0.1) is 0 Å². The van der Waals surface area contributed by atoms with Gasteiger partial charge in [-0.2, -0.15) is 25.7 Å². The van der Waals surface area contributed by atoms with Crippen molar-refractivity contribution in [2.45, 2.75) is 84.1 Å². The first-order valence-corrected chi connectivity index (χ1v) is 8.23. The molecule has 2 aliphatic carbocycles. The first kappa shape index (κ1) is 20.8. The molecule has 0 aromatic rings. The van der Waals surface area contributed by atoms with Crippen LogP contribution in [0.4, 0.5) is 0 Å². The second kappa shape index (κ2) is 17.5. The van der Waals surface area contributed by atoms with E-state index in [1.54, 1.807) is 0 Å². The molecule has 0 radical (unpaired) electrons. The van der Waals surface area contributed by atoms with Gasteiger partial charge < -0.3 is 20.3 Å². The Hall–Kier alpha value is 0.540. The molecule has 0 saturated heterocycles. The fraction of sp³-hybridized carbons (Fsp3) is 0.812. The van der Waals surface area contributed by atoms with Crippen LogP contribution in [-0.2, 0) is 20.9 Å². The van der Waals surface area contributed by atoms with Gasteiger partial charge in [0.2, 0.25) is 0 Å². The summed E-state index contributed by atoms with van der Waals surface area (Å²) >= 11 is 1.53. The van der Waals surface area contributed by atoms with Crippen molar-refractivity contribution in [2.24, 2.45) is 3.34 Å². The standard InChI is InChI=1S/2C6H11.C3H7N.CH3.Nb/c2*1-2-4-6-5-3-1;1-3(2)4;;/h2*1H,2-6H2;3H,1-2H3;1H3;/q2*-1;;-1;. The molecule has 109 valence electrons. The van der Waals surface area contributed by atoms with Gasteiger partial charge >= 0.3 is 44.1 Å². The van der Waals surface area contributed by atoms with Crippen LogP contribution in [0.5, 0.6) is 0 Å². The maximum atomic E-state index is 3.94. The van der Waals surface area contributed by atoms with Crippen LogP contribution in [0.2, 0.25) is 0 Å². The molecule has 18 heavy (non-hydrogen) atoms. The smallest absolute Gasteiger partial charge is 0.0582 e. The maximum Gasteiger partial charge on any atom is -0.0582 e. The average Bonchev–Trinajstić information content (AvgIpc) is 2.44. The Morgan fingerprint density at radius 2 is 1.06 bits per heavy atom. The summed E-state index contributed by atoms with van der Waals surface area (Å²) in [7, 11) is 0. The third-order valence-electron chi connectivity index (χ3n) is 2.86. The van der Waals surface area contributed by atoms with Crippen LogP contribution in [0.15, 0.2) is 3.34 Å². The fourth-order valence-corrected chi connectivity index (χ4v) is 1.80. The van der Waals surface area contributed by atoms with Crippen LogP contribution in [0.25, 0.3) is 0 Å². The molecule has 2 fully saturated rings. The molecule has 0 aromatic heterocycles.